The number of nitrogens with two attached hydrogens (primary N) is 1. The summed E-state index contributed by atoms with van der Waals surface area (Å²) >= 11 is 6.92. The molecule has 3 amide bonds. The van der Waals surface area contributed by atoms with Crippen molar-refractivity contribution in [2.75, 3.05) is 27.6 Å². The number of nitrogens with one attached hydrogen (secondary N) is 2. The Morgan fingerprint density at radius 2 is 1.64 bits per heavy atom. The summed E-state index contributed by atoms with van der Waals surface area (Å²) in [7, 11) is 2.75. The van der Waals surface area contributed by atoms with Gasteiger partial charge in [-0.25, -0.2) is 4.79 Å². The molecule has 3 aromatic rings. The van der Waals surface area contributed by atoms with Crippen molar-refractivity contribution in [3.05, 3.63) is 85.8 Å². The van der Waals surface area contributed by atoms with E-state index in [-0.39, 0.29) is 24.7 Å². The van der Waals surface area contributed by atoms with Crippen LogP contribution >= 0.6 is 31.9 Å². The van der Waals surface area contributed by atoms with Crippen LogP contribution in [0.1, 0.15) is 91.6 Å². The lowest BCUT2D eigenvalue weighted by atomic mass is 9.90. The summed E-state index contributed by atoms with van der Waals surface area (Å²) in [6.45, 7) is 3.72. The summed E-state index contributed by atoms with van der Waals surface area (Å²) in [4.78, 5) is 51.3. The highest BCUT2D eigenvalue weighted by atomic mass is 79.9. The first-order valence-corrected chi connectivity index (χ1v) is 19.1. The molecule has 286 valence electrons. The SMILES string of the molecule is CCC(NC(=O)[C@H](Cc1ccc(OC(C(=O)OC)c2cc(Br)cc(Br)c2OCOC)cc1)NC(C)=O)c1ccc(OCC2CCCCC2)c(C(N)=O)c1. The lowest BCUT2D eigenvalue weighted by molar-refractivity contribution is -0.149. The van der Waals surface area contributed by atoms with E-state index in [1.54, 1.807) is 48.5 Å². The Bertz CT molecular complexity index is 1730. The second-order valence-corrected chi connectivity index (χ2v) is 14.7. The van der Waals surface area contributed by atoms with Crippen LogP contribution < -0.4 is 30.6 Å². The maximum atomic E-state index is 13.7. The molecule has 0 bridgehead atoms. The molecule has 12 nitrogen and oxygen atoms in total. The molecule has 14 heteroatoms. The van der Waals surface area contributed by atoms with E-state index in [9.17, 15) is 19.2 Å². The van der Waals surface area contributed by atoms with Crippen LogP contribution in [0.4, 0.5) is 0 Å². The molecule has 2 unspecified atom stereocenters. The monoisotopic (exact) mass is 859 g/mol. The van der Waals surface area contributed by atoms with Crippen molar-refractivity contribution in [1.29, 1.82) is 0 Å². The molecule has 3 aromatic carbocycles. The second-order valence-electron chi connectivity index (χ2n) is 12.9. The molecular formula is C39H47Br2N3O9. The van der Waals surface area contributed by atoms with Gasteiger partial charge in [0.15, 0.2) is 6.79 Å². The molecule has 0 aromatic heterocycles. The zero-order valence-electron chi connectivity index (χ0n) is 30.4. The zero-order chi connectivity index (χ0) is 38.5. The molecule has 0 spiro atoms. The van der Waals surface area contributed by atoms with E-state index in [0.717, 1.165) is 18.4 Å². The van der Waals surface area contributed by atoms with Crippen molar-refractivity contribution in [3.8, 4) is 17.2 Å². The third kappa shape index (κ3) is 11.9. The van der Waals surface area contributed by atoms with Gasteiger partial charge in [0, 0.05) is 30.5 Å². The van der Waals surface area contributed by atoms with Crippen LogP contribution in [0.5, 0.6) is 17.2 Å². The van der Waals surface area contributed by atoms with Crippen LogP contribution in [0.25, 0.3) is 0 Å². The van der Waals surface area contributed by atoms with E-state index in [2.05, 4.69) is 42.5 Å². The van der Waals surface area contributed by atoms with Crippen molar-refractivity contribution in [1.82, 2.24) is 10.6 Å². The van der Waals surface area contributed by atoms with Gasteiger partial charge in [0.1, 0.15) is 23.3 Å². The molecule has 0 heterocycles. The summed E-state index contributed by atoms with van der Waals surface area (Å²) in [5.41, 5.74) is 7.82. The normalized spacial score (nSPS) is 14.7. The Balaban J connectivity index is 1.48. The Hall–Kier alpha value is -4.14. The fourth-order valence-corrected chi connectivity index (χ4v) is 7.63. The molecule has 1 saturated carbocycles. The number of hydrogen-bond donors (Lipinski definition) is 3. The summed E-state index contributed by atoms with van der Waals surface area (Å²) in [6.07, 6.45) is 5.30. The highest BCUT2D eigenvalue weighted by Gasteiger charge is 2.30. The number of methoxy groups -OCH3 is 2. The van der Waals surface area contributed by atoms with Crippen LogP contribution in [0.3, 0.4) is 0 Å². The van der Waals surface area contributed by atoms with Gasteiger partial charge in [-0.05, 0) is 88.6 Å². The van der Waals surface area contributed by atoms with Crippen LogP contribution in [0, 0.1) is 5.92 Å². The van der Waals surface area contributed by atoms with Crippen molar-refractivity contribution < 1.29 is 42.9 Å². The predicted octanol–water partition coefficient (Wildman–Crippen LogP) is 6.86. The average Bonchev–Trinajstić information content (AvgIpc) is 3.14. The van der Waals surface area contributed by atoms with Gasteiger partial charge in [-0.2, -0.15) is 0 Å². The molecule has 0 aliphatic heterocycles. The number of benzene rings is 3. The van der Waals surface area contributed by atoms with Gasteiger partial charge < -0.3 is 40.1 Å². The smallest absolute Gasteiger partial charge is 0.351 e. The largest absolute Gasteiger partial charge is 0.492 e. The molecule has 4 rings (SSSR count). The average molecular weight is 862 g/mol. The second kappa shape index (κ2) is 20.4. The van der Waals surface area contributed by atoms with E-state index in [4.69, 9.17) is 29.4 Å². The van der Waals surface area contributed by atoms with Gasteiger partial charge in [0.05, 0.1) is 29.8 Å². The van der Waals surface area contributed by atoms with Crippen molar-refractivity contribution in [2.24, 2.45) is 11.7 Å². The number of carbonyl (C=O) groups excluding carboxylic acids is 4. The summed E-state index contributed by atoms with van der Waals surface area (Å²) in [5.74, 6) is -0.467. The Labute approximate surface area is 327 Å². The number of esters is 1. The standard InChI is InChI=1S/C39H47Br2N3O9/c1-5-32(26-13-16-34(29(18-26)37(42)46)51-21-25-9-7-6-8-10-25)44-38(47)33(43-23(2)45)17-24-11-14-28(15-12-24)53-36(39(48)50-4)30-19-27(40)20-31(41)35(30)52-22-49-3/h11-16,18-20,25,32-33,36H,5-10,17,21-22H2,1-4H3,(H2,42,46)(H,43,45)(H,44,47)/t32?,33-,36?/m0/s1. The predicted molar refractivity (Wildman–Crippen MR) is 206 cm³/mol. The molecule has 0 saturated heterocycles. The molecule has 53 heavy (non-hydrogen) atoms. The van der Waals surface area contributed by atoms with E-state index < -0.39 is 36.0 Å². The maximum Gasteiger partial charge on any atom is 0.351 e. The first-order chi connectivity index (χ1) is 25.4. The number of primary amides is 1. The molecule has 1 fully saturated rings. The Morgan fingerprint density at radius 1 is 0.925 bits per heavy atom. The van der Waals surface area contributed by atoms with Gasteiger partial charge in [0.25, 0.3) is 5.91 Å². The lowest BCUT2D eigenvalue weighted by Gasteiger charge is -2.24. The number of halogens is 2. The third-order valence-electron chi connectivity index (χ3n) is 8.96. The van der Waals surface area contributed by atoms with Crippen molar-refractivity contribution in [2.45, 2.75) is 77.0 Å². The lowest BCUT2D eigenvalue weighted by Crippen LogP contribution is -2.48. The van der Waals surface area contributed by atoms with Gasteiger partial charge in [0.2, 0.25) is 17.9 Å². The maximum absolute atomic E-state index is 13.7. The molecule has 0 radical (unpaired) electrons. The molecule has 1 aliphatic carbocycles. The minimum Gasteiger partial charge on any atom is -0.492 e. The number of amides is 3. The molecule has 1 aliphatic rings. The Kier molecular flexibility index (Phi) is 16.0. The van der Waals surface area contributed by atoms with E-state index in [1.807, 2.05) is 13.0 Å². The van der Waals surface area contributed by atoms with Crippen LogP contribution in [0.15, 0.2) is 63.5 Å². The topological polar surface area (TPSA) is 165 Å². The van der Waals surface area contributed by atoms with E-state index >= 15 is 0 Å². The first kappa shape index (κ1) is 41.6. The van der Waals surface area contributed by atoms with E-state index in [0.29, 0.717) is 56.3 Å². The molecule has 4 N–H and O–H groups in total. The van der Waals surface area contributed by atoms with Gasteiger partial charge in [-0.3, -0.25) is 14.4 Å². The molecule has 3 atom stereocenters. The first-order valence-electron chi connectivity index (χ1n) is 17.5. The minimum atomic E-state index is -1.19. The van der Waals surface area contributed by atoms with Crippen LogP contribution in [-0.4, -0.2) is 57.4 Å². The van der Waals surface area contributed by atoms with Gasteiger partial charge >= 0.3 is 5.97 Å². The van der Waals surface area contributed by atoms with Gasteiger partial charge in [-0.1, -0.05) is 60.3 Å². The minimum absolute atomic E-state index is 0.0616. The fourth-order valence-electron chi connectivity index (χ4n) is 6.26. The van der Waals surface area contributed by atoms with Crippen molar-refractivity contribution >= 4 is 55.6 Å². The number of hydrogen-bond acceptors (Lipinski definition) is 9. The quantitative estimate of drug-likeness (QED) is 0.0916. The summed E-state index contributed by atoms with van der Waals surface area (Å²) < 4.78 is 29.3. The third-order valence-corrected chi connectivity index (χ3v) is 10.0. The summed E-state index contributed by atoms with van der Waals surface area (Å²) in [5, 5.41) is 5.78. The summed E-state index contributed by atoms with van der Waals surface area (Å²) in [6, 6.07) is 14.1. The number of carbonyl (C=O) groups is 4. The number of rotatable bonds is 18. The van der Waals surface area contributed by atoms with Crippen molar-refractivity contribution in [3.63, 3.8) is 0 Å². The van der Waals surface area contributed by atoms with Crippen LogP contribution in [-0.2, 0) is 30.3 Å². The van der Waals surface area contributed by atoms with E-state index in [1.165, 1.54) is 40.4 Å². The molecular weight excluding hydrogens is 814 g/mol. The zero-order valence-corrected chi connectivity index (χ0v) is 33.5. The van der Waals surface area contributed by atoms with Crippen LogP contribution in [0.2, 0.25) is 0 Å². The fraction of sp³-hybridized carbons (Fsp3) is 0.436. The highest BCUT2D eigenvalue weighted by molar-refractivity contribution is 9.11. The highest BCUT2D eigenvalue weighted by Crippen LogP contribution is 2.39. The Morgan fingerprint density at radius 3 is 2.26 bits per heavy atom. The number of ether oxygens (including phenoxy) is 5. The van der Waals surface area contributed by atoms with Gasteiger partial charge in [-0.15, -0.1) is 0 Å².